The Morgan fingerprint density at radius 2 is 1.80 bits per heavy atom. The third-order valence-corrected chi connectivity index (χ3v) is 5.66. The maximum absolute atomic E-state index is 11.7. The van der Waals surface area contributed by atoms with E-state index >= 15 is 0 Å². The van der Waals surface area contributed by atoms with Gasteiger partial charge in [-0.15, -0.1) is 0 Å². The monoisotopic (exact) mass is 416 g/mol. The van der Waals surface area contributed by atoms with Crippen LogP contribution in [0.15, 0.2) is 47.9 Å². The highest BCUT2D eigenvalue weighted by molar-refractivity contribution is 9.11. The zero-order valence-electron chi connectivity index (χ0n) is 11.0. The molecule has 106 valence electrons. The van der Waals surface area contributed by atoms with Gasteiger partial charge in [-0.2, -0.15) is 0 Å². The third-order valence-electron chi connectivity index (χ3n) is 2.77. The maximum atomic E-state index is 11.7. The van der Waals surface area contributed by atoms with E-state index in [1.807, 2.05) is 32.0 Å². The minimum atomic E-state index is -0.0280. The number of hydrogen-bond acceptors (Lipinski definition) is 3. The van der Waals surface area contributed by atoms with E-state index in [9.17, 15) is 4.79 Å². The number of H-pyrrole nitrogens is 1. The average Bonchev–Trinajstić information content (AvgIpc) is 2.35. The summed E-state index contributed by atoms with van der Waals surface area (Å²) >= 11 is 8.60. The lowest BCUT2D eigenvalue weighted by molar-refractivity contribution is 0.836. The number of benzene rings is 1. The van der Waals surface area contributed by atoms with Crippen LogP contribution >= 0.6 is 43.6 Å². The number of aromatic amines is 1. The molecule has 2 aromatic rings. The van der Waals surface area contributed by atoms with E-state index in [4.69, 9.17) is 5.73 Å². The fourth-order valence-electron chi connectivity index (χ4n) is 1.76. The van der Waals surface area contributed by atoms with Gasteiger partial charge in [-0.05, 0) is 56.0 Å². The second-order valence-corrected chi connectivity index (χ2v) is 7.48. The first kappa shape index (κ1) is 15.7. The van der Waals surface area contributed by atoms with Crippen molar-refractivity contribution in [3.05, 3.63) is 49.3 Å². The van der Waals surface area contributed by atoms with Crippen molar-refractivity contribution in [1.29, 1.82) is 0 Å². The van der Waals surface area contributed by atoms with Crippen molar-refractivity contribution in [2.45, 2.75) is 29.6 Å². The molecule has 0 saturated heterocycles. The first-order chi connectivity index (χ1) is 9.38. The summed E-state index contributed by atoms with van der Waals surface area (Å²) < 4.78 is 1.85. The Labute approximate surface area is 138 Å². The number of nitrogens with two attached hydrogens (primary N) is 1. The largest absolute Gasteiger partial charge is 0.399 e. The molecule has 3 nitrogen and oxygen atoms in total. The van der Waals surface area contributed by atoms with Gasteiger partial charge in [0.25, 0.3) is 5.56 Å². The summed E-state index contributed by atoms with van der Waals surface area (Å²) in [6.07, 6.45) is 1.73. The highest BCUT2D eigenvalue weighted by Gasteiger charge is 2.11. The number of aromatic nitrogens is 1. The SMILES string of the molecule is CC(C)c1cc(Sc2c(Br)cc(N)cc2Br)c[nH]c1=O. The fourth-order valence-corrected chi connectivity index (χ4v) is 4.32. The first-order valence-electron chi connectivity index (χ1n) is 6.03. The Kier molecular flexibility index (Phi) is 4.99. The summed E-state index contributed by atoms with van der Waals surface area (Å²) in [6, 6.07) is 5.66. The van der Waals surface area contributed by atoms with Gasteiger partial charge >= 0.3 is 0 Å². The molecule has 0 aliphatic carbocycles. The Morgan fingerprint density at radius 1 is 1.20 bits per heavy atom. The van der Waals surface area contributed by atoms with Gasteiger partial charge in [0.05, 0.1) is 0 Å². The van der Waals surface area contributed by atoms with Crippen LogP contribution in [-0.4, -0.2) is 4.98 Å². The van der Waals surface area contributed by atoms with E-state index in [-0.39, 0.29) is 11.5 Å². The third kappa shape index (κ3) is 3.48. The van der Waals surface area contributed by atoms with Crippen LogP contribution < -0.4 is 11.3 Å². The van der Waals surface area contributed by atoms with Gasteiger partial charge in [-0.1, -0.05) is 25.6 Å². The van der Waals surface area contributed by atoms with Gasteiger partial charge in [0.1, 0.15) is 0 Å². The van der Waals surface area contributed by atoms with Crippen LogP contribution in [0, 0.1) is 0 Å². The zero-order chi connectivity index (χ0) is 14.9. The lowest BCUT2D eigenvalue weighted by Gasteiger charge is -2.10. The smallest absolute Gasteiger partial charge is 0.251 e. The van der Waals surface area contributed by atoms with Gasteiger partial charge in [0, 0.05) is 36.2 Å². The molecule has 1 heterocycles. The van der Waals surface area contributed by atoms with Crippen LogP contribution in [-0.2, 0) is 0 Å². The lowest BCUT2D eigenvalue weighted by Crippen LogP contribution is -2.12. The molecule has 0 spiro atoms. The lowest BCUT2D eigenvalue weighted by atomic mass is 10.1. The molecule has 0 radical (unpaired) electrons. The van der Waals surface area contributed by atoms with E-state index < -0.39 is 0 Å². The molecule has 2 rings (SSSR count). The number of nitrogen functional groups attached to an aromatic ring is 1. The van der Waals surface area contributed by atoms with Crippen molar-refractivity contribution in [2.24, 2.45) is 0 Å². The molecule has 0 aliphatic heterocycles. The molecular weight excluding hydrogens is 404 g/mol. The zero-order valence-corrected chi connectivity index (χ0v) is 15.0. The summed E-state index contributed by atoms with van der Waals surface area (Å²) in [5, 5.41) is 0. The fraction of sp³-hybridized carbons (Fsp3) is 0.214. The molecule has 20 heavy (non-hydrogen) atoms. The summed E-state index contributed by atoms with van der Waals surface area (Å²) in [4.78, 5) is 16.5. The Morgan fingerprint density at radius 3 is 2.35 bits per heavy atom. The molecule has 0 aliphatic rings. The molecule has 6 heteroatoms. The molecule has 0 fully saturated rings. The van der Waals surface area contributed by atoms with Crippen molar-refractivity contribution in [3.8, 4) is 0 Å². The standard InChI is InChI=1S/C14H14Br2N2OS/c1-7(2)10-5-9(6-18-14(10)19)20-13-11(15)3-8(17)4-12(13)16/h3-7H,17H2,1-2H3,(H,18,19). The first-order valence-corrected chi connectivity index (χ1v) is 8.43. The normalized spacial score (nSPS) is 11.1. The van der Waals surface area contributed by atoms with Gasteiger partial charge in [0.15, 0.2) is 0 Å². The van der Waals surface area contributed by atoms with E-state index in [1.165, 1.54) is 0 Å². The van der Waals surface area contributed by atoms with Crippen LogP contribution in [0.3, 0.4) is 0 Å². The van der Waals surface area contributed by atoms with Crippen molar-refractivity contribution in [2.75, 3.05) is 5.73 Å². The minimum absolute atomic E-state index is 0.0280. The summed E-state index contributed by atoms with van der Waals surface area (Å²) in [6.45, 7) is 4.02. The molecule has 0 amide bonds. The van der Waals surface area contributed by atoms with Crippen molar-refractivity contribution < 1.29 is 0 Å². The van der Waals surface area contributed by atoms with Crippen molar-refractivity contribution in [1.82, 2.24) is 4.98 Å². The molecule has 1 aromatic heterocycles. The predicted molar refractivity (Wildman–Crippen MR) is 91.5 cm³/mol. The van der Waals surface area contributed by atoms with Crippen molar-refractivity contribution in [3.63, 3.8) is 0 Å². The Hall–Kier alpha value is -0.720. The van der Waals surface area contributed by atoms with Crippen molar-refractivity contribution >= 4 is 49.3 Å². The van der Waals surface area contributed by atoms with E-state index in [0.29, 0.717) is 5.69 Å². The summed E-state index contributed by atoms with van der Waals surface area (Å²) in [7, 11) is 0. The van der Waals surface area contributed by atoms with Gasteiger partial charge in [-0.3, -0.25) is 4.79 Å². The number of hydrogen-bond donors (Lipinski definition) is 2. The van der Waals surface area contributed by atoms with Gasteiger partial charge < -0.3 is 10.7 Å². The van der Waals surface area contributed by atoms with Gasteiger partial charge in [0.2, 0.25) is 0 Å². The van der Waals surface area contributed by atoms with Crippen LogP contribution in [0.1, 0.15) is 25.3 Å². The highest BCUT2D eigenvalue weighted by atomic mass is 79.9. The molecule has 1 aromatic carbocycles. The molecule has 0 atom stereocenters. The number of halogens is 2. The summed E-state index contributed by atoms with van der Waals surface area (Å²) in [5.41, 5.74) is 7.24. The summed E-state index contributed by atoms with van der Waals surface area (Å²) in [5.74, 6) is 0.192. The Balaban J connectivity index is 2.41. The molecule has 3 N–H and O–H groups in total. The number of anilines is 1. The maximum Gasteiger partial charge on any atom is 0.251 e. The van der Waals surface area contributed by atoms with Crippen LogP contribution in [0.4, 0.5) is 5.69 Å². The topological polar surface area (TPSA) is 58.9 Å². The Bertz CT molecular complexity index is 675. The number of pyridine rings is 1. The van der Waals surface area contributed by atoms with Crippen LogP contribution in [0.2, 0.25) is 0 Å². The minimum Gasteiger partial charge on any atom is -0.399 e. The van der Waals surface area contributed by atoms with E-state index in [0.717, 1.165) is 24.3 Å². The number of rotatable bonds is 3. The predicted octanol–water partition coefficient (Wildman–Crippen LogP) is 4.76. The molecule has 0 bridgehead atoms. The molecular formula is C14H14Br2N2OS. The van der Waals surface area contributed by atoms with E-state index in [1.54, 1.807) is 18.0 Å². The van der Waals surface area contributed by atoms with Crippen LogP contribution in [0.25, 0.3) is 0 Å². The molecule has 0 saturated carbocycles. The second-order valence-electron chi connectivity index (χ2n) is 4.69. The highest BCUT2D eigenvalue weighted by Crippen LogP contribution is 2.40. The quantitative estimate of drug-likeness (QED) is 0.708. The average molecular weight is 418 g/mol. The number of nitrogens with one attached hydrogen (secondary N) is 1. The van der Waals surface area contributed by atoms with Gasteiger partial charge in [-0.25, -0.2) is 0 Å². The molecule has 0 unspecified atom stereocenters. The van der Waals surface area contributed by atoms with E-state index in [2.05, 4.69) is 36.8 Å². The second kappa shape index (κ2) is 6.37. The van der Waals surface area contributed by atoms with Crippen LogP contribution in [0.5, 0.6) is 0 Å².